The first kappa shape index (κ1) is 6.56. The summed E-state index contributed by atoms with van der Waals surface area (Å²) in [5, 5.41) is 8.41. The second kappa shape index (κ2) is 2.83. The van der Waals surface area contributed by atoms with Crippen LogP contribution in [0.3, 0.4) is 0 Å². The average Bonchev–Trinajstić information content (AvgIpc) is 1.88. The standard InChI is InChI=1S/C7H4IN/c8-7-3-1-2-6(4-7)5-9/h1-4H/i5+1. The Hall–Kier alpha value is -0.560. The number of hydrogen-bond donors (Lipinski definition) is 0. The normalized spacial score (nSPS) is 8.44. The molecule has 1 aromatic carbocycles. The summed E-state index contributed by atoms with van der Waals surface area (Å²) in [5.41, 5.74) is 0.724. The highest BCUT2D eigenvalue weighted by molar-refractivity contribution is 14.1. The molecule has 0 spiro atoms. The first-order valence-electron chi connectivity index (χ1n) is 2.48. The van der Waals surface area contributed by atoms with Crippen LogP contribution in [-0.2, 0) is 0 Å². The summed E-state index contributed by atoms with van der Waals surface area (Å²) < 4.78 is 1.10. The van der Waals surface area contributed by atoms with Gasteiger partial charge < -0.3 is 0 Å². The van der Waals surface area contributed by atoms with Crippen LogP contribution in [0.4, 0.5) is 0 Å². The summed E-state index contributed by atoms with van der Waals surface area (Å²) in [6, 6.07) is 9.54. The zero-order chi connectivity index (χ0) is 6.69. The molecule has 0 bridgehead atoms. The van der Waals surface area contributed by atoms with E-state index in [1.54, 1.807) is 6.07 Å². The number of halogens is 1. The summed E-state index contributed by atoms with van der Waals surface area (Å²) in [5.74, 6) is 0. The lowest BCUT2D eigenvalue weighted by molar-refractivity contribution is 1.47. The van der Waals surface area contributed by atoms with Gasteiger partial charge in [0, 0.05) is 3.57 Å². The monoisotopic (exact) mass is 230 g/mol. The van der Waals surface area contributed by atoms with Gasteiger partial charge >= 0.3 is 0 Å². The highest BCUT2D eigenvalue weighted by atomic mass is 127. The molecule has 0 fully saturated rings. The van der Waals surface area contributed by atoms with Crippen molar-refractivity contribution >= 4 is 22.6 Å². The van der Waals surface area contributed by atoms with Crippen LogP contribution in [0.1, 0.15) is 5.56 Å². The van der Waals surface area contributed by atoms with Crippen molar-refractivity contribution < 1.29 is 0 Å². The average molecular weight is 230 g/mol. The molecule has 0 aliphatic rings. The van der Waals surface area contributed by atoms with Crippen LogP contribution in [-0.4, -0.2) is 0 Å². The Bertz CT molecular complexity index is 249. The molecule has 0 amide bonds. The molecule has 0 aliphatic carbocycles. The van der Waals surface area contributed by atoms with Gasteiger partial charge in [0.2, 0.25) is 0 Å². The molecule has 2 heteroatoms. The maximum absolute atomic E-state index is 8.41. The van der Waals surface area contributed by atoms with Gasteiger partial charge in [-0.05, 0) is 40.8 Å². The third-order valence-electron chi connectivity index (χ3n) is 0.954. The van der Waals surface area contributed by atoms with Crippen molar-refractivity contribution in [3.05, 3.63) is 33.4 Å². The van der Waals surface area contributed by atoms with Gasteiger partial charge in [-0.2, -0.15) is 5.26 Å². The zero-order valence-corrected chi connectivity index (χ0v) is 6.79. The molecule has 0 unspecified atom stereocenters. The van der Waals surface area contributed by atoms with Gasteiger partial charge in [-0.1, -0.05) is 6.07 Å². The van der Waals surface area contributed by atoms with Gasteiger partial charge in [-0.3, -0.25) is 0 Å². The minimum absolute atomic E-state index is 0.724. The van der Waals surface area contributed by atoms with E-state index in [-0.39, 0.29) is 0 Å². The Morgan fingerprint density at radius 3 is 2.67 bits per heavy atom. The number of hydrogen-bond acceptors (Lipinski definition) is 1. The van der Waals surface area contributed by atoms with Crippen molar-refractivity contribution in [1.29, 1.82) is 5.26 Å². The van der Waals surface area contributed by atoms with Crippen LogP contribution in [0, 0.1) is 14.9 Å². The first-order chi connectivity index (χ1) is 4.33. The van der Waals surface area contributed by atoms with Crippen molar-refractivity contribution in [2.45, 2.75) is 0 Å². The highest BCUT2D eigenvalue weighted by Crippen LogP contribution is 2.05. The molecule has 0 aromatic heterocycles. The van der Waals surface area contributed by atoms with E-state index in [0.717, 1.165) is 9.13 Å². The first-order valence-corrected chi connectivity index (χ1v) is 3.56. The molecule has 0 heterocycles. The lowest BCUT2D eigenvalue weighted by Crippen LogP contribution is -1.73. The van der Waals surface area contributed by atoms with E-state index < -0.39 is 0 Å². The second-order valence-corrected chi connectivity index (χ2v) is 2.87. The second-order valence-electron chi connectivity index (χ2n) is 1.62. The number of benzene rings is 1. The number of nitrogens with zero attached hydrogens (tertiary/aromatic N) is 1. The Kier molecular flexibility index (Phi) is 2.06. The van der Waals surface area contributed by atoms with Gasteiger partial charge in [0.05, 0.1) is 11.6 Å². The maximum Gasteiger partial charge on any atom is 0.0991 e. The molecular formula is C7H4IN. The predicted molar refractivity (Wildman–Crippen MR) is 43.9 cm³/mol. The summed E-state index contributed by atoms with van der Waals surface area (Å²) in [6.45, 7) is 0. The highest BCUT2D eigenvalue weighted by Gasteiger charge is 1.87. The lowest BCUT2D eigenvalue weighted by atomic mass is 10.3. The van der Waals surface area contributed by atoms with E-state index in [1.807, 2.05) is 18.2 Å². The number of nitriles is 1. The quantitative estimate of drug-likeness (QED) is 0.494. The van der Waals surface area contributed by atoms with Gasteiger partial charge in [-0.25, -0.2) is 0 Å². The van der Waals surface area contributed by atoms with Crippen LogP contribution in [0.5, 0.6) is 0 Å². The lowest BCUT2D eigenvalue weighted by Gasteiger charge is -1.87. The minimum Gasteiger partial charge on any atom is -0.192 e. The molecule has 0 radical (unpaired) electrons. The Morgan fingerprint density at radius 1 is 1.44 bits per heavy atom. The topological polar surface area (TPSA) is 23.8 Å². The molecule has 44 valence electrons. The largest absolute Gasteiger partial charge is 0.192 e. The molecule has 0 saturated carbocycles. The molecule has 0 saturated heterocycles. The van der Waals surface area contributed by atoms with Crippen LogP contribution >= 0.6 is 22.6 Å². The molecule has 9 heavy (non-hydrogen) atoms. The van der Waals surface area contributed by atoms with Gasteiger partial charge in [-0.15, -0.1) is 0 Å². The maximum atomic E-state index is 8.41. The summed E-state index contributed by atoms with van der Waals surface area (Å²) >= 11 is 2.18. The smallest absolute Gasteiger partial charge is 0.0991 e. The Balaban J connectivity index is 3.12. The fraction of sp³-hybridized carbons (Fsp3) is 0. The predicted octanol–water partition coefficient (Wildman–Crippen LogP) is 2.16. The summed E-state index contributed by atoms with van der Waals surface area (Å²) in [7, 11) is 0. The molecule has 1 aromatic rings. The molecular weight excluding hydrogens is 226 g/mol. The third kappa shape index (κ3) is 1.68. The Labute approximate surface area is 67.5 Å². The Morgan fingerprint density at radius 2 is 2.22 bits per heavy atom. The van der Waals surface area contributed by atoms with Crippen LogP contribution < -0.4 is 0 Å². The molecule has 0 atom stereocenters. The van der Waals surface area contributed by atoms with Gasteiger partial charge in [0.15, 0.2) is 0 Å². The third-order valence-corrected chi connectivity index (χ3v) is 1.62. The minimum atomic E-state index is 0.724. The van der Waals surface area contributed by atoms with Crippen molar-refractivity contribution in [2.75, 3.05) is 0 Å². The molecule has 1 rings (SSSR count). The molecule has 1 nitrogen and oxygen atoms in total. The summed E-state index contributed by atoms with van der Waals surface area (Å²) in [4.78, 5) is 0. The van der Waals surface area contributed by atoms with E-state index in [0.29, 0.717) is 0 Å². The van der Waals surface area contributed by atoms with Gasteiger partial charge in [0.1, 0.15) is 0 Å². The van der Waals surface area contributed by atoms with Crippen LogP contribution in [0.15, 0.2) is 24.3 Å². The van der Waals surface area contributed by atoms with Crippen molar-refractivity contribution in [2.24, 2.45) is 0 Å². The fourth-order valence-corrected chi connectivity index (χ4v) is 1.10. The van der Waals surface area contributed by atoms with Crippen molar-refractivity contribution in [3.8, 4) is 6.07 Å². The van der Waals surface area contributed by atoms with E-state index in [9.17, 15) is 0 Å². The number of rotatable bonds is 0. The van der Waals surface area contributed by atoms with Crippen molar-refractivity contribution in [1.82, 2.24) is 0 Å². The summed E-state index contributed by atoms with van der Waals surface area (Å²) in [6.07, 6.45) is 0. The molecule has 0 aliphatic heterocycles. The van der Waals surface area contributed by atoms with E-state index in [1.165, 1.54) is 0 Å². The molecule has 0 N–H and O–H groups in total. The zero-order valence-electron chi connectivity index (χ0n) is 4.63. The van der Waals surface area contributed by atoms with Gasteiger partial charge in [0.25, 0.3) is 0 Å². The fourth-order valence-electron chi connectivity index (χ4n) is 0.558. The van der Waals surface area contributed by atoms with E-state index in [2.05, 4.69) is 28.7 Å². The SMILES string of the molecule is N#[13C]c1cccc(I)c1. The van der Waals surface area contributed by atoms with Crippen molar-refractivity contribution in [3.63, 3.8) is 0 Å². The van der Waals surface area contributed by atoms with Crippen LogP contribution in [0.2, 0.25) is 0 Å². The van der Waals surface area contributed by atoms with E-state index in [4.69, 9.17) is 5.26 Å². The van der Waals surface area contributed by atoms with E-state index >= 15 is 0 Å². The van der Waals surface area contributed by atoms with Crippen LogP contribution in [0.25, 0.3) is 0 Å².